The van der Waals surface area contributed by atoms with E-state index in [-0.39, 0.29) is 35.5 Å². The quantitative estimate of drug-likeness (QED) is 0.607. The minimum Gasteiger partial charge on any atom is -0.487 e. The number of aromatic nitrogens is 4. The van der Waals surface area contributed by atoms with Crippen LogP contribution in [0.2, 0.25) is 0 Å². The Hall–Kier alpha value is -3.50. The Balaban J connectivity index is 1.45. The number of carbonyl (C=O) groups excluding carboxylic acids is 1. The number of hydrogen-bond acceptors (Lipinski definition) is 5. The van der Waals surface area contributed by atoms with Gasteiger partial charge in [0.25, 0.3) is 5.56 Å². The predicted molar refractivity (Wildman–Crippen MR) is 107 cm³/mol. The average molecular weight is 433 g/mol. The lowest BCUT2D eigenvalue weighted by Crippen LogP contribution is -2.47. The highest BCUT2D eigenvalue weighted by Gasteiger charge is 2.26. The third kappa shape index (κ3) is 3.82. The Bertz CT molecular complexity index is 1270. The number of likely N-dealkylation sites (tertiary alicyclic amines) is 1. The van der Waals surface area contributed by atoms with Gasteiger partial charge in [-0.15, -0.1) is 0 Å². The summed E-state index contributed by atoms with van der Waals surface area (Å²) >= 11 is 0. The van der Waals surface area contributed by atoms with Crippen LogP contribution in [0.5, 0.6) is 5.75 Å². The second-order valence-corrected chi connectivity index (χ2v) is 7.53. The van der Waals surface area contributed by atoms with Crippen molar-refractivity contribution in [3.05, 3.63) is 57.0 Å². The Morgan fingerprint density at radius 2 is 1.90 bits per heavy atom. The van der Waals surface area contributed by atoms with Gasteiger partial charge in [-0.1, -0.05) is 0 Å². The number of ether oxygens (including phenoxy) is 1. The maximum Gasteiger partial charge on any atom is 0.332 e. The summed E-state index contributed by atoms with van der Waals surface area (Å²) in [6.07, 6.45) is 1.99. The molecule has 164 valence electrons. The molecule has 9 nitrogen and oxygen atoms in total. The third-order valence-corrected chi connectivity index (χ3v) is 5.48. The van der Waals surface area contributed by atoms with E-state index < -0.39 is 22.9 Å². The van der Waals surface area contributed by atoms with Crippen LogP contribution < -0.4 is 16.0 Å². The number of imidazole rings is 1. The van der Waals surface area contributed by atoms with E-state index in [1.54, 1.807) is 11.9 Å². The molecule has 11 heteroatoms. The van der Waals surface area contributed by atoms with Gasteiger partial charge in [0.15, 0.2) is 22.7 Å². The van der Waals surface area contributed by atoms with Crippen LogP contribution in [-0.4, -0.2) is 48.7 Å². The lowest BCUT2D eigenvalue weighted by Gasteiger charge is -2.32. The fourth-order valence-electron chi connectivity index (χ4n) is 3.74. The van der Waals surface area contributed by atoms with Crippen molar-refractivity contribution in [3.63, 3.8) is 0 Å². The lowest BCUT2D eigenvalue weighted by molar-refractivity contribution is -0.133. The molecule has 1 aliphatic heterocycles. The van der Waals surface area contributed by atoms with Crippen LogP contribution in [0.1, 0.15) is 12.8 Å². The first-order valence-electron chi connectivity index (χ1n) is 9.76. The number of halogens is 2. The standard InChI is InChI=1S/C20H21F2N5O4/c1-24-11-23-18-17(24)19(29)27(20(30)25(18)2)10-16(28)26-7-5-13(6-8-26)31-15-4-3-12(21)9-14(15)22/h3-4,9,11,13H,5-8,10H2,1-2H3. The van der Waals surface area contributed by atoms with Crippen LogP contribution >= 0.6 is 0 Å². The van der Waals surface area contributed by atoms with Crippen molar-refractivity contribution in [1.82, 2.24) is 23.6 Å². The number of rotatable bonds is 4. The van der Waals surface area contributed by atoms with E-state index in [1.165, 1.54) is 28.6 Å². The fraction of sp³-hybridized carbons (Fsp3) is 0.400. The first-order chi connectivity index (χ1) is 14.8. The molecular formula is C20H21F2N5O4. The molecule has 0 radical (unpaired) electrons. The zero-order valence-corrected chi connectivity index (χ0v) is 17.0. The largest absolute Gasteiger partial charge is 0.487 e. The molecule has 2 aromatic heterocycles. The maximum absolute atomic E-state index is 13.8. The van der Waals surface area contributed by atoms with Crippen molar-refractivity contribution >= 4 is 17.1 Å². The molecule has 1 aromatic carbocycles. The second-order valence-electron chi connectivity index (χ2n) is 7.53. The number of hydrogen-bond donors (Lipinski definition) is 0. The first kappa shape index (κ1) is 20.8. The molecule has 4 rings (SSSR count). The van der Waals surface area contributed by atoms with Gasteiger partial charge in [-0.3, -0.25) is 14.2 Å². The highest BCUT2D eigenvalue weighted by molar-refractivity contribution is 5.77. The molecule has 1 amide bonds. The Kier molecular flexibility index (Phi) is 5.34. The first-order valence-corrected chi connectivity index (χ1v) is 9.76. The second kappa shape index (κ2) is 7.97. The molecule has 1 aliphatic rings. The summed E-state index contributed by atoms with van der Waals surface area (Å²) in [5.74, 6) is -1.87. The van der Waals surface area contributed by atoms with Crippen LogP contribution in [0.3, 0.4) is 0 Å². The summed E-state index contributed by atoms with van der Waals surface area (Å²) in [7, 11) is 3.14. The van der Waals surface area contributed by atoms with Gasteiger partial charge in [0.1, 0.15) is 18.5 Å². The minimum absolute atomic E-state index is 0.0364. The van der Waals surface area contributed by atoms with Crippen molar-refractivity contribution < 1.29 is 18.3 Å². The highest BCUT2D eigenvalue weighted by atomic mass is 19.1. The van der Waals surface area contributed by atoms with Crippen molar-refractivity contribution in [1.29, 1.82) is 0 Å². The summed E-state index contributed by atoms with van der Waals surface area (Å²) < 4.78 is 36.0. The molecule has 1 saturated heterocycles. The van der Waals surface area contributed by atoms with E-state index >= 15 is 0 Å². The van der Waals surface area contributed by atoms with Crippen LogP contribution in [0.15, 0.2) is 34.1 Å². The SMILES string of the molecule is Cn1cnc2c1c(=O)n(CC(=O)N1CCC(Oc3ccc(F)cc3F)CC1)c(=O)n2C. The van der Waals surface area contributed by atoms with Crippen LogP contribution in [-0.2, 0) is 25.4 Å². The van der Waals surface area contributed by atoms with Gasteiger partial charge in [-0.05, 0) is 12.1 Å². The van der Waals surface area contributed by atoms with Gasteiger partial charge in [0, 0.05) is 46.1 Å². The molecular weight excluding hydrogens is 412 g/mol. The maximum atomic E-state index is 13.8. The van der Waals surface area contributed by atoms with Gasteiger partial charge in [-0.25, -0.2) is 23.1 Å². The van der Waals surface area contributed by atoms with Crippen molar-refractivity contribution in [2.24, 2.45) is 14.1 Å². The van der Waals surface area contributed by atoms with Gasteiger partial charge in [-0.2, -0.15) is 0 Å². The number of piperidine rings is 1. The Morgan fingerprint density at radius 3 is 2.58 bits per heavy atom. The molecule has 31 heavy (non-hydrogen) atoms. The Morgan fingerprint density at radius 1 is 1.19 bits per heavy atom. The van der Waals surface area contributed by atoms with E-state index in [1.807, 2.05) is 0 Å². The molecule has 3 aromatic rings. The summed E-state index contributed by atoms with van der Waals surface area (Å²) in [6.45, 7) is 0.273. The van der Waals surface area contributed by atoms with E-state index in [0.717, 1.165) is 16.7 Å². The van der Waals surface area contributed by atoms with Gasteiger partial charge in [0.05, 0.1) is 6.33 Å². The molecule has 3 heterocycles. The zero-order chi connectivity index (χ0) is 22.3. The Labute approximate surface area is 175 Å². The molecule has 0 aliphatic carbocycles. The van der Waals surface area contributed by atoms with Crippen LogP contribution in [0.25, 0.3) is 11.2 Å². The topological polar surface area (TPSA) is 91.4 Å². The predicted octanol–water partition coefficient (Wildman–Crippen LogP) is 0.782. The summed E-state index contributed by atoms with van der Waals surface area (Å²) in [5, 5.41) is 0. The number of aryl methyl sites for hydroxylation is 2. The van der Waals surface area contributed by atoms with E-state index in [2.05, 4.69) is 4.98 Å². The van der Waals surface area contributed by atoms with E-state index in [9.17, 15) is 23.2 Å². The third-order valence-electron chi connectivity index (χ3n) is 5.48. The van der Waals surface area contributed by atoms with Gasteiger partial charge >= 0.3 is 5.69 Å². The molecule has 0 N–H and O–H groups in total. The number of carbonyl (C=O) groups is 1. The fourth-order valence-corrected chi connectivity index (χ4v) is 3.74. The van der Waals surface area contributed by atoms with Gasteiger partial charge in [0.2, 0.25) is 5.91 Å². The van der Waals surface area contributed by atoms with Crippen molar-refractivity contribution in [3.8, 4) is 5.75 Å². The van der Waals surface area contributed by atoms with Crippen molar-refractivity contribution in [2.45, 2.75) is 25.5 Å². The lowest BCUT2D eigenvalue weighted by atomic mass is 10.1. The number of benzene rings is 1. The summed E-state index contributed by atoms with van der Waals surface area (Å²) in [6, 6.07) is 3.11. The zero-order valence-electron chi connectivity index (χ0n) is 17.0. The van der Waals surface area contributed by atoms with Crippen LogP contribution in [0.4, 0.5) is 8.78 Å². The summed E-state index contributed by atoms with van der Waals surface area (Å²) in [4.78, 5) is 43.7. The summed E-state index contributed by atoms with van der Waals surface area (Å²) in [5.41, 5.74) is -0.693. The molecule has 0 bridgehead atoms. The molecule has 0 spiro atoms. The average Bonchev–Trinajstić information content (AvgIpc) is 3.14. The van der Waals surface area contributed by atoms with Crippen molar-refractivity contribution in [2.75, 3.05) is 13.1 Å². The highest BCUT2D eigenvalue weighted by Crippen LogP contribution is 2.23. The monoisotopic (exact) mass is 433 g/mol. The number of amides is 1. The van der Waals surface area contributed by atoms with Gasteiger partial charge < -0.3 is 14.2 Å². The van der Waals surface area contributed by atoms with Crippen LogP contribution in [0, 0.1) is 11.6 Å². The smallest absolute Gasteiger partial charge is 0.332 e. The number of nitrogens with zero attached hydrogens (tertiary/aromatic N) is 5. The molecule has 0 saturated carbocycles. The molecule has 0 unspecified atom stereocenters. The van der Waals surface area contributed by atoms with E-state index in [4.69, 9.17) is 4.74 Å². The number of fused-ring (bicyclic) bond motifs is 1. The normalized spacial score (nSPS) is 14.9. The molecule has 1 fully saturated rings. The minimum atomic E-state index is -0.778. The van der Waals surface area contributed by atoms with E-state index in [0.29, 0.717) is 25.9 Å². The molecule has 0 atom stereocenters.